The van der Waals surface area contributed by atoms with Crippen molar-refractivity contribution in [2.45, 2.75) is 18.8 Å². The lowest BCUT2D eigenvalue weighted by atomic mass is 9.80. The van der Waals surface area contributed by atoms with Gasteiger partial charge in [0.1, 0.15) is 0 Å². The van der Waals surface area contributed by atoms with Crippen molar-refractivity contribution >= 4 is 47.8 Å². The number of aryl methyl sites for hydroxylation is 1. The molecule has 0 saturated heterocycles. The van der Waals surface area contributed by atoms with E-state index in [9.17, 15) is 0 Å². The normalized spacial score (nSPS) is 11.6. The van der Waals surface area contributed by atoms with Crippen LogP contribution in [0.5, 0.6) is 0 Å². The highest BCUT2D eigenvalue weighted by Crippen LogP contribution is 2.32. The second-order valence-electron chi connectivity index (χ2n) is 5.06. The van der Waals surface area contributed by atoms with Crippen molar-refractivity contribution in [3.63, 3.8) is 0 Å². The first-order valence-electron chi connectivity index (χ1n) is 6.39. The predicted molar refractivity (Wildman–Crippen MR) is 96.1 cm³/mol. The molecule has 0 saturated carbocycles. The number of halogens is 3. The van der Waals surface area contributed by atoms with E-state index < -0.39 is 0 Å². The predicted octanol–water partition coefficient (Wildman–Crippen LogP) is 5.42. The van der Waals surface area contributed by atoms with Crippen LogP contribution in [0.2, 0.25) is 0 Å². The first kappa shape index (κ1) is 16.2. The van der Waals surface area contributed by atoms with E-state index in [1.807, 2.05) is 12.3 Å². The number of nitrogens with zero attached hydrogens (tertiary/aromatic N) is 1. The summed E-state index contributed by atoms with van der Waals surface area (Å²) >= 11 is 10.8. The molecule has 1 aromatic heterocycles. The van der Waals surface area contributed by atoms with Gasteiger partial charge in [0, 0.05) is 38.9 Å². The third-order valence-electron chi connectivity index (χ3n) is 3.48. The molecule has 20 heavy (non-hydrogen) atoms. The number of aromatic nitrogens is 1. The Labute approximate surface area is 145 Å². The fourth-order valence-electron chi connectivity index (χ4n) is 2.15. The van der Waals surface area contributed by atoms with Gasteiger partial charge in [0.15, 0.2) is 0 Å². The van der Waals surface area contributed by atoms with Crippen LogP contribution in [0.15, 0.2) is 47.1 Å². The third-order valence-corrected chi connectivity index (χ3v) is 6.10. The molecule has 0 atom stereocenters. The first-order chi connectivity index (χ1) is 9.59. The summed E-state index contributed by atoms with van der Waals surface area (Å²) < 4.78 is 1.01. The lowest BCUT2D eigenvalue weighted by molar-refractivity contribution is 0.543. The molecule has 0 aliphatic carbocycles. The van der Waals surface area contributed by atoms with Crippen molar-refractivity contribution in [1.29, 1.82) is 0 Å². The van der Waals surface area contributed by atoms with E-state index in [4.69, 9.17) is 0 Å². The van der Waals surface area contributed by atoms with Crippen LogP contribution in [-0.2, 0) is 11.8 Å². The van der Waals surface area contributed by atoms with E-state index in [1.165, 1.54) is 11.1 Å². The van der Waals surface area contributed by atoms with Crippen molar-refractivity contribution in [3.05, 3.63) is 63.9 Å². The van der Waals surface area contributed by atoms with Crippen LogP contribution in [-0.4, -0.2) is 15.6 Å². The molecular weight excluding hydrogens is 446 g/mol. The van der Waals surface area contributed by atoms with Crippen LogP contribution in [0.25, 0.3) is 0 Å². The minimum Gasteiger partial charge on any atom is -0.260 e. The quantitative estimate of drug-likeness (QED) is 0.541. The van der Waals surface area contributed by atoms with Gasteiger partial charge in [-0.2, -0.15) is 0 Å². The van der Waals surface area contributed by atoms with Crippen LogP contribution >= 0.6 is 47.8 Å². The summed E-state index contributed by atoms with van der Waals surface area (Å²) in [6, 6.07) is 12.9. The van der Waals surface area contributed by atoms with E-state index in [0.717, 1.165) is 27.2 Å². The van der Waals surface area contributed by atoms with E-state index in [1.54, 1.807) is 0 Å². The lowest BCUT2D eigenvalue weighted by Gasteiger charge is -2.30. The second-order valence-corrected chi connectivity index (χ2v) is 7.10. The monoisotopic (exact) mass is 459 g/mol. The molecule has 1 nitrogen and oxygen atoms in total. The fraction of sp³-hybridized carbons (Fsp3) is 0.312. The van der Waals surface area contributed by atoms with Crippen molar-refractivity contribution in [2.24, 2.45) is 0 Å². The summed E-state index contributed by atoms with van der Waals surface area (Å²) in [5.41, 5.74) is 3.75. The van der Waals surface area contributed by atoms with E-state index in [0.29, 0.717) is 0 Å². The zero-order valence-corrected chi connectivity index (χ0v) is 16.0. The summed E-state index contributed by atoms with van der Waals surface area (Å²) in [7, 11) is 0. The lowest BCUT2D eigenvalue weighted by Crippen LogP contribution is -2.33. The molecule has 0 aliphatic rings. The number of alkyl halides is 2. The first-order valence-corrected chi connectivity index (χ1v) is 9.43. The third kappa shape index (κ3) is 3.71. The summed E-state index contributed by atoms with van der Waals surface area (Å²) in [6.45, 7) is 2.12. The van der Waals surface area contributed by atoms with Gasteiger partial charge in [-0.05, 0) is 40.5 Å². The molecule has 0 spiro atoms. The van der Waals surface area contributed by atoms with E-state index in [2.05, 4.69) is 90.0 Å². The van der Waals surface area contributed by atoms with Gasteiger partial charge in [0.2, 0.25) is 0 Å². The van der Waals surface area contributed by atoms with Gasteiger partial charge in [0.05, 0.1) is 0 Å². The standard InChI is InChI=1S/C16H16Br3N/c1-12-2-4-13(5-3-12)16(10-17,11-18)8-15-7-6-14(19)9-20-15/h2-7,9H,8,10-11H2,1H3. The maximum absolute atomic E-state index is 4.51. The van der Waals surface area contributed by atoms with E-state index in [-0.39, 0.29) is 5.41 Å². The zero-order valence-electron chi connectivity index (χ0n) is 11.2. The molecule has 0 unspecified atom stereocenters. The largest absolute Gasteiger partial charge is 0.260 e. The Morgan fingerprint density at radius 1 is 1.00 bits per heavy atom. The van der Waals surface area contributed by atoms with Gasteiger partial charge in [-0.15, -0.1) is 0 Å². The molecule has 0 amide bonds. The molecule has 0 N–H and O–H groups in total. The number of pyridine rings is 1. The van der Waals surface area contributed by atoms with Crippen molar-refractivity contribution in [3.8, 4) is 0 Å². The van der Waals surface area contributed by atoms with E-state index >= 15 is 0 Å². The Kier molecular flexibility index (Phi) is 5.82. The molecule has 1 heterocycles. The maximum atomic E-state index is 4.51. The minimum atomic E-state index is 0.0224. The Morgan fingerprint density at radius 3 is 2.15 bits per heavy atom. The highest BCUT2D eigenvalue weighted by Gasteiger charge is 2.30. The molecular formula is C16H16Br3N. The fourth-order valence-corrected chi connectivity index (χ4v) is 4.36. The smallest absolute Gasteiger partial charge is 0.0413 e. The Hall–Kier alpha value is -0.190. The topological polar surface area (TPSA) is 12.9 Å². The molecule has 0 fully saturated rings. The molecule has 2 rings (SSSR count). The highest BCUT2D eigenvalue weighted by atomic mass is 79.9. The molecule has 2 aromatic rings. The van der Waals surface area contributed by atoms with Crippen molar-refractivity contribution < 1.29 is 0 Å². The zero-order chi connectivity index (χ0) is 14.6. The van der Waals surface area contributed by atoms with Gasteiger partial charge in [-0.3, -0.25) is 4.98 Å². The van der Waals surface area contributed by atoms with Gasteiger partial charge in [-0.25, -0.2) is 0 Å². The molecule has 106 valence electrons. The number of hydrogen-bond acceptors (Lipinski definition) is 1. The number of benzene rings is 1. The number of rotatable bonds is 5. The second kappa shape index (κ2) is 7.19. The summed E-state index contributed by atoms with van der Waals surface area (Å²) in [5, 5.41) is 1.79. The number of hydrogen-bond donors (Lipinski definition) is 0. The van der Waals surface area contributed by atoms with Crippen LogP contribution in [0.3, 0.4) is 0 Å². The summed E-state index contributed by atoms with van der Waals surface area (Å²) in [6.07, 6.45) is 2.76. The molecule has 0 radical (unpaired) electrons. The SMILES string of the molecule is Cc1ccc(C(CBr)(CBr)Cc2ccc(Br)cn2)cc1. The minimum absolute atomic E-state index is 0.0224. The van der Waals surface area contributed by atoms with Crippen LogP contribution < -0.4 is 0 Å². The van der Waals surface area contributed by atoms with Crippen LogP contribution in [0, 0.1) is 6.92 Å². The molecule has 0 bridgehead atoms. The van der Waals surface area contributed by atoms with Gasteiger partial charge in [0.25, 0.3) is 0 Å². The van der Waals surface area contributed by atoms with Gasteiger partial charge < -0.3 is 0 Å². The Bertz CT molecular complexity index is 545. The highest BCUT2D eigenvalue weighted by molar-refractivity contribution is 9.10. The van der Waals surface area contributed by atoms with Gasteiger partial charge >= 0.3 is 0 Å². The van der Waals surface area contributed by atoms with Gasteiger partial charge in [-0.1, -0.05) is 61.7 Å². The average Bonchev–Trinajstić information content (AvgIpc) is 2.48. The summed E-state index contributed by atoms with van der Waals surface area (Å²) in [5.74, 6) is 0. The Morgan fingerprint density at radius 2 is 1.65 bits per heavy atom. The molecule has 0 aliphatic heterocycles. The molecule has 1 aromatic carbocycles. The van der Waals surface area contributed by atoms with Crippen LogP contribution in [0.4, 0.5) is 0 Å². The Balaban J connectivity index is 2.33. The van der Waals surface area contributed by atoms with Crippen LogP contribution in [0.1, 0.15) is 16.8 Å². The molecule has 4 heteroatoms. The maximum Gasteiger partial charge on any atom is 0.0413 e. The average molecular weight is 462 g/mol. The summed E-state index contributed by atoms with van der Waals surface area (Å²) in [4.78, 5) is 4.51. The van der Waals surface area contributed by atoms with Crippen molar-refractivity contribution in [1.82, 2.24) is 4.98 Å². The van der Waals surface area contributed by atoms with Crippen molar-refractivity contribution in [2.75, 3.05) is 10.7 Å².